The summed E-state index contributed by atoms with van der Waals surface area (Å²) >= 11 is 0. The number of hydrogen-bond donors (Lipinski definition) is 2. The van der Waals surface area contributed by atoms with E-state index in [1.165, 1.54) is 10.4 Å². The molecule has 6 nitrogen and oxygen atoms in total. The first kappa shape index (κ1) is 15.8. The number of aryl methyl sites for hydroxylation is 1. The Balaban J connectivity index is 2.56. The van der Waals surface area contributed by atoms with Crippen LogP contribution < -0.4 is 5.69 Å². The monoisotopic (exact) mass is 311 g/mol. The summed E-state index contributed by atoms with van der Waals surface area (Å²) in [6.07, 6.45) is 1.53. The summed E-state index contributed by atoms with van der Waals surface area (Å²) in [5, 5.41) is 0. The van der Waals surface area contributed by atoms with Gasteiger partial charge in [0.1, 0.15) is 0 Å². The van der Waals surface area contributed by atoms with Crippen molar-refractivity contribution >= 4 is 21.1 Å². The molecule has 0 saturated carbocycles. The molecule has 0 spiro atoms. The zero-order chi connectivity index (χ0) is 15.6. The van der Waals surface area contributed by atoms with E-state index in [1.807, 2.05) is 13.8 Å². The number of nitrogens with one attached hydrogen (secondary N) is 2. The number of rotatable bonds is 6. The molecule has 0 saturated heterocycles. The van der Waals surface area contributed by atoms with E-state index in [1.54, 1.807) is 13.0 Å². The maximum atomic E-state index is 12.8. The zero-order valence-corrected chi connectivity index (χ0v) is 13.4. The molecular formula is C14H21N3O3S. The summed E-state index contributed by atoms with van der Waals surface area (Å²) < 4.78 is 27.1. The van der Waals surface area contributed by atoms with Crippen molar-refractivity contribution in [2.75, 3.05) is 13.1 Å². The standard InChI is InChI=1S/C14H21N3O3S/c1-4-6-17(7-5-2)21(19,20)13-9-12-11(8-10(13)3)15-14(18)16-12/h8-9H,4-7H2,1-3H3,(H2,15,16,18). The van der Waals surface area contributed by atoms with Crippen molar-refractivity contribution in [2.45, 2.75) is 38.5 Å². The van der Waals surface area contributed by atoms with Gasteiger partial charge in [0.05, 0.1) is 15.9 Å². The molecule has 0 aliphatic carbocycles. The fourth-order valence-electron chi connectivity index (χ4n) is 2.44. The average molecular weight is 311 g/mol. The molecule has 1 aromatic heterocycles. The third-order valence-electron chi connectivity index (χ3n) is 3.38. The van der Waals surface area contributed by atoms with Gasteiger partial charge in [0.15, 0.2) is 0 Å². The molecule has 0 amide bonds. The first-order chi connectivity index (χ1) is 9.90. The number of benzene rings is 1. The second kappa shape index (κ2) is 6.03. The molecule has 0 fully saturated rings. The Morgan fingerprint density at radius 3 is 2.10 bits per heavy atom. The van der Waals surface area contributed by atoms with Crippen LogP contribution in [0.2, 0.25) is 0 Å². The average Bonchev–Trinajstić information content (AvgIpc) is 2.76. The van der Waals surface area contributed by atoms with Crippen molar-refractivity contribution in [3.63, 3.8) is 0 Å². The molecule has 7 heteroatoms. The summed E-state index contributed by atoms with van der Waals surface area (Å²) in [5.74, 6) is 0. The number of nitrogens with zero attached hydrogens (tertiary/aromatic N) is 1. The first-order valence-corrected chi connectivity index (χ1v) is 8.57. The number of aromatic amines is 2. The van der Waals surface area contributed by atoms with E-state index >= 15 is 0 Å². The van der Waals surface area contributed by atoms with Crippen LogP contribution in [0.25, 0.3) is 11.0 Å². The summed E-state index contributed by atoms with van der Waals surface area (Å²) in [4.78, 5) is 16.8. The minimum Gasteiger partial charge on any atom is -0.306 e. The van der Waals surface area contributed by atoms with E-state index in [4.69, 9.17) is 0 Å². The van der Waals surface area contributed by atoms with Crippen LogP contribution in [-0.2, 0) is 10.0 Å². The zero-order valence-electron chi connectivity index (χ0n) is 12.6. The Bertz CT molecular complexity index is 783. The van der Waals surface area contributed by atoms with E-state index in [0.717, 1.165) is 12.8 Å². The summed E-state index contributed by atoms with van der Waals surface area (Å²) in [6.45, 7) is 6.65. The van der Waals surface area contributed by atoms with Gasteiger partial charge in [-0.25, -0.2) is 13.2 Å². The van der Waals surface area contributed by atoms with Crippen molar-refractivity contribution in [1.29, 1.82) is 0 Å². The van der Waals surface area contributed by atoms with Gasteiger partial charge in [-0.05, 0) is 37.5 Å². The van der Waals surface area contributed by atoms with Crippen molar-refractivity contribution in [1.82, 2.24) is 14.3 Å². The van der Waals surface area contributed by atoms with Gasteiger partial charge in [-0.15, -0.1) is 0 Å². The van der Waals surface area contributed by atoms with Crippen LogP contribution in [0, 0.1) is 6.92 Å². The van der Waals surface area contributed by atoms with Gasteiger partial charge in [0, 0.05) is 13.1 Å². The van der Waals surface area contributed by atoms with Crippen LogP contribution in [0.3, 0.4) is 0 Å². The van der Waals surface area contributed by atoms with Crippen LogP contribution in [0.5, 0.6) is 0 Å². The molecule has 0 bridgehead atoms. The van der Waals surface area contributed by atoms with Crippen molar-refractivity contribution in [2.24, 2.45) is 0 Å². The molecule has 0 unspecified atom stereocenters. The molecular weight excluding hydrogens is 290 g/mol. The Morgan fingerprint density at radius 2 is 1.57 bits per heavy atom. The van der Waals surface area contributed by atoms with E-state index in [0.29, 0.717) is 29.7 Å². The molecule has 0 atom stereocenters. The van der Waals surface area contributed by atoms with Crippen LogP contribution in [-0.4, -0.2) is 35.8 Å². The van der Waals surface area contributed by atoms with Gasteiger partial charge in [-0.1, -0.05) is 13.8 Å². The highest BCUT2D eigenvalue weighted by atomic mass is 32.2. The number of fused-ring (bicyclic) bond motifs is 1. The number of H-pyrrole nitrogens is 2. The number of sulfonamides is 1. The third kappa shape index (κ3) is 3.03. The second-order valence-electron chi connectivity index (χ2n) is 5.15. The van der Waals surface area contributed by atoms with E-state index in [9.17, 15) is 13.2 Å². The lowest BCUT2D eigenvalue weighted by Crippen LogP contribution is -2.33. The SMILES string of the molecule is CCCN(CCC)S(=O)(=O)c1cc2[nH]c(=O)[nH]c2cc1C. The van der Waals surface area contributed by atoms with Crippen LogP contribution in [0.15, 0.2) is 21.8 Å². The van der Waals surface area contributed by atoms with Gasteiger partial charge >= 0.3 is 5.69 Å². The molecule has 116 valence electrons. The highest BCUT2D eigenvalue weighted by Crippen LogP contribution is 2.24. The Morgan fingerprint density at radius 1 is 1.05 bits per heavy atom. The number of aromatic nitrogens is 2. The Kier molecular flexibility index (Phi) is 4.53. The second-order valence-corrected chi connectivity index (χ2v) is 7.05. The summed E-state index contributed by atoms with van der Waals surface area (Å²) in [5.41, 5.74) is 1.43. The molecule has 0 radical (unpaired) electrons. The van der Waals surface area contributed by atoms with Crippen LogP contribution in [0.1, 0.15) is 32.3 Å². The van der Waals surface area contributed by atoms with Gasteiger partial charge < -0.3 is 9.97 Å². The maximum absolute atomic E-state index is 12.8. The molecule has 1 heterocycles. The van der Waals surface area contributed by atoms with Crippen molar-refractivity contribution < 1.29 is 8.42 Å². The lowest BCUT2D eigenvalue weighted by atomic mass is 10.2. The minimum atomic E-state index is -3.54. The van der Waals surface area contributed by atoms with Gasteiger partial charge in [-0.2, -0.15) is 4.31 Å². The third-order valence-corrected chi connectivity index (χ3v) is 5.42. The normalized spacial score (nSPS) is 12.4. The van der Waals surface area contributed by atoms with Crippen LogP contribution >= 0.6 is 0 Å². The molecule has 0 aliphatic heterocycles. The van der Waals surface area contributed by atoms with Gasteiger partial charge in [-0.3, -0.25) is 0 Å². The topological polar surface area (TPSA) is 86.0 Å². The molecule has 2 N–H and O–H groups in total. The Labute approximate surface area is 124 Å². The quantitative estimate of drug-likeness (QED) is 0.855. The van der Waals surface area contributed by atoms with E-state index in [2.05, 4.69) is 9.97 Å². The number of imidazole rings is 1. The Hall–Kier alpha value is -1.60. The summed E-state index contributed by atoms with van der Waals surface area (Å²) in [7, 11) is -3.54. The number of hydrogen-bond acceptors (Lipinski definition) is 3. The fraction of sp³-hybridized carbons (Fsp3) is 0.500. The smallest absolute Gasteiger partial charge is 0.306 e. The molecule has 2 aromatic rings. The first-order valence-electron chi connectivity index (χ1n) is 7.13. The van der Waals surface area contributed by atoms with Gasteiger partial charge in [0.25, 0.3) is 0 Å². The predicted octanol–water partition coefficient (Wildman–Crippen LogP) is 1.98. The van der Waals surface area contributed by atoms with Crippen LogP contribution in [0.4, 0.5) is 0 Å². The van der Waals surface area contributed by atoms with Crippen molar-refractivity contribution in [3.8, 4) is 0 Å². The largest absolute Gasteiger partial charge is 0.323 e. The molecule has 2 rings (SSSR count). The van der Waals surface area contributed by atoms with E-state index < -0.39 is 10.0 Å². The van der Waals surface area contributed by atoms with Gasteiger partial charge in [0.2, 0.25) is 10.0 Å². The molecule has 1 aromatic carbocycles. The summed E-state index contributed by atoms with van der Waals surface area (Å²) in [6, 6.07) is 3.23. The molecule has 21 heavy (non-hydrogen) atoms. The molecule has 0 aliphatic rings. The maximum Gasteiger partial charge on any atom is 0.323 e. The van der Waals surface area contributed by atoms with E-state index in [-0.39, 0.29) is 10.6 Å². The lowest BCUT2D eigenvalue weighted by Gasteiger charge is -2.22. The predicted molar refractivity (Wildman–Crippen MR) is 83.0 cm³/mol. The van der Waals surface area contributed by atoms with Crippen molar-refractivity contribution in [3.05, 3.63) is 28.2 Å². The minimum absolute atomic E-state index is 0.257. The lowest BCUT2D eigenvalue weighted by molar-refractivity contribution is 0.409. The highest BCUT2D eigenvalue weighted by Gasteiger charge is 2.25. The highest BCUT2D eigenvalue weighted by molar-refractivity contribution is 7.89. The fourth-order valence-corrected chi connectivity index (χ4v) is 4.30.